The number of likely N-dealkylation sites (tertiary alicyclic amines) is 1. The summed E-state index contributed by atoms with van der Waals surface area (Å²) < 4.78 is 0. The Labute approximate surface area is 181 Å². The Morgan fingerprint density at radius 2 is 1.87 bits per heavy atom. The van der Waals surface area contributed by atoms with Gasteiger partial charge in [0.15, 0.2) is 0 Å². The molecule has 2 N–H and O–H groups in total. The van der Waals surface area contributed by atoms with Crippen molar-refractivity contribution in [3.8, 4) is 0 Å². The van der Waals surface area contributed by atoms with E-state index in [9.17, 15) is 9.59 Å². The van der Waals surface area contributed by atoms with E-state index in [0.29, 0.717) is 43.2 Å². The van der Waals surface area contributed by atoms with Gasteiger partial charge in [0.25, 0.3) is 5.91 Å². The summed E-state index contributed by atoms with van der Waals surface area (Å²) in [5, 5.41) is 6.71. The van der Waals surface area contributed by atoms with Crippen molar-refractivity contribution in [3.63, 3.8) is 0 Å². The Morgan fingerprint density at radius 1 is 1.17 bits per heavy atom. The van der Waals surface area contributed by atoms with Gasteiger partial charge in [-0.05, 0) is 30.2 Å². The van der Waals surface area contributed by atoms with E-state index in [2.05, 4.69) is 22.5 Å². The second kappa shape index (κ2) is 8.58. The smallest absolute Gasteiger partial charge is 0.272 e. The number of carbonyl (C=O) groups is 2. The van der Waals surface area contributed by atoms with Crippen molar-refractivity contribution >= 4 is 34.8 Å². The molecule has 0 unspecified atom stereocenters. The van der Waals surface area contributed by atoms with E-state index in [1.165, 1.54) is 0 Å². The molecule has 30 heavy (non-hydrogen) atoms. The van der Waals surface area contributed by atoms with Crippen LogP contribution in [0.3, 0.4) is 0 Å². The third-order valence-corrected chi connectivity index (χ3v) is 5.98. The highest BCUT2D eigenvalue weighted by atomic mass is 35.5. The lowest BCUT2D eigenvalue weighted by molar-refractivity contribution is -0.119. The van der Waals surface area contributed by atoms with Crippen molar-refractivity contribution in [2.45, 2.75) is 31.8 Å². The van der Waals surface area contributed by atoms with Crippen LogP contribution in [0.1, 0.15) is 30.9 Å². The summed E-state index contributed by atoms with van der Waals surface area (Å²) in [5.41, 5.74) is 2.65. The average Bonchev–Trinajstić information content (AvgIpc) is 3.06. The van der Waals surface area contributed by atoms with E-state index in [4.69, 9.17) is 16.6 Å². The summed E-state index contributed by atoms with van der Waals surface area (Å²) in [4.78, 5) is 31.9. The molecule has 1 fully saturated rings. The minimum atomic E-state index is -0.576. The van der Waals surface area contributed by atoms with Gasteiger partial charge in [0.05, 0.1) is 6.54 Å². The highest BCUT2D eigenvalue weighted by molar-refractivity contribution is 6.47. The zero-order chi connectivity index (χ0) is 21.1. The minimum absolute atomic E-state index is 0.0207. The number of piperidine rings is 1. The second-order valence-corrected chi connectivity index (χ2v) is 8.22. The molecule has 1 saturated heterocycles. The number of nitrogens with one attached hydrogen (secondary N) is 2. The first-order chi connectivity index (χ1) is 14.5. The number of halogens is 1. The molecule has 156 valence electrons. The minimum Gasteiger partial charge on any atom is -0.326 e. The van der Waals surface area contributed by atoms with Crippen LogP contribution in [0.5, 0.6) is 0 Å². The van der Waals surface area contributed by atoms with Gasteiger partial charge in [0, 0.05) is 42.2 Å². The summed E-state index contributed by atoms with van der Waals surface area (Å²) in [6, 6.07) is 15.0. The molecule has 2 amide bonds. The highest BCUT2D eigenvalue weighted by Crippen LogP contribution is 2.29. The first-order valence-electron chi connectivity index (χ1n) is 10.3. The molecule has 2 aliphatic rings. The van der Waals surface area contributed by atoms with Gasteiger partial charge in [-0.15, -0.1) is 0 Å². The van der Waals surface area contributed by atoms with Crippen LogP contribution in [-0.2, 0) is 16.0 Å². The molecule has 1 spiro atoms. The fourth-order valence-corrected chi connectivity index (χ4v) is 4.15. The lowest BCUT2D eigenvalue weighted by Gasteiger charge is -2.36. The maximum absolute atomic E-state index is 12.5. The number of aryl methyl sites for hydroxylation is 1. The fourth-order valence-electron chi connectivity index (χ4n) is 4.03. The van der Waals surface area contributed by atoms with Crippen LogP contribution in [0.2, 0.25) is 5.02 Å². The monoisotopic (exact) mass is 424 g/mol. The molecular weight excluding hydrogens is 400 g/mol. The van der Waals surface area contributed by atoms with Gasteiger partial charge < -0.3 is 10.6 Å². The van der Waals surface area contributed by atoms with E-state index in [0.717, 1.165) is 23.2 Å². The van der Waals surface area contributed by atoms with Crippen LogP contribution in [0, 0.1) is 0 Å². The molecule has 2 aliphatic heterocycles. The van der Waals surface area contributed by atoms with Crippen molar-refractivity contribution in [1.82, 2.24) is 10.2 Å². The number of carbonyl (C=O) groups excluding carboxylic acids is 2. The van der Waals surface area contributed by atoms with E-state index < -0.39 is 5.66 Å². The van der Waals surface area contributed by atoms with Gasteiger partial charge >= 0.3 is 0 Å². The van der Waals surface area contributed by atoms with Crippen LogP contribution in [0.25, 0.3) is 0 Å². The summed E-state index contributed by atoms with van der Waals surface area (Å²) in [6.45, 7) is 3.79. The van der Waals surface area contributed by atoms with Crippen molar-refractivity contribution in [2.75, 3.05) is 25.0 Å². The SMILES string of the molecule is CCc1ccccc1NC(=O)CN1CCC2(CC1)N=C(c1ccc(Cl)cc1)C(=O)N2. The van der Waals surface area contributed by atoms with E-state index >= 15 is 0 Å². The Kier molecular flexibility index (Phi) is 5.88. The zero-order valence-corrected chi connectivity index (χ0v) is 17.7. The Morgan fingerprint density at radius 3 is 2.57 bits per heavy atom. The van der Waals surface area contributed by atoms with E-state index in [-0.39, 0.29) is 11.8 Å². The van der Waals surface area contributed by atoms with Crippen LogP contribution in [-0.4, -0.2) is 47.7 Å². The molecule has 2 aromatic carbocycles. The summed E-state index contributed by atoms with van der Waals surface area (Å²) in [6.07, 6.45) is 2.22. The molecule has 6 nitrogen and oxygen atoms in total. The normalized spacial score (nSPS) is 18.2. The number of aliphatic imine (C=N–C) groups is 1. The lowest BCUT2D eigenvalue weighted by atomic mass is 9.98. The summed E-state index contributed by atoms with van der Waals surface area (Å²) >= 11 is 5.94. The predicted octanol–water partition coefficient (Wildman–Crippen LogP) is 3.25. The Bertz CT molecular complexity index is 979. The van der Waals surface area contributed by atoms with Crippen LogP contribution < -0.4 is 10.6 Å². The Hall–Kier alpha value is -2.70. The molecule has 0 saturated carbocycles. The standard InChI is InChI=1S/C23H25ClN4O2/c1-2-16-5-3-4-6-19(16)25-20(29)15-28-13-11-23(12-14-28)26-21(22(30)27-23)17-7-9-18(24)10-8-17/h3-10H,2,11-15H2,1H3,(H,25,29)(H,27,30). The summed E-state index contributed by atoms with van der Waals surface area (Å²) in [5.74, 6) is -0.174. The van der Waals surface area contributed by atoms with Crippen molar-refractivity contribution in [2.24, 2.45) is 4.99 Å². The van der Waals surface area contributed by atoms with Crippen molar-refractivity contribution < 1.29 is 9.59 Å². The third kappa shape index (κ3) is 4.40. The molecule has 2 heterocycles. The number of nitrogens with zero attached hydrogens (tertiary/aromatic N) is 2. The maximum atomic E-state index is 12.5. The molecule has 2 aromatic rings. The molecule has 0 bridgehead atoms. The van der Waals surface area contributed by atoms with Crippen LogP contribution in [0.4, 0.5) is 5.69 Å². The highest BCUT2D eigenvalue weighted by Gasteiger charge is 2.42. The molecule has 4 rings (SSSR count). The molecule has 7 heteroatoms. The number of amides is 2. The quantitative estimate of drug-likeness (QED) is 0.773. The van der Waals surface area contributed by atoms with E-state index in [1.807, 2.05) is 36.4 Å². The third-order valence-electron chi connectivity index (χ3n) is 5.73. The molecule has 0 aliphatic carbocycles. The molecule has 0 atom stereocenters. The number of benzene rings is 2. The van der Waals surface area contributed by atoms with Crippen LogP contribution >= 0.6 is 11.6 Å². The summed E-state index contributed by atoms with van der Waals surface area (Å²) in [7, 11) is 0. The first-order valence-corrected chi connectivity index (χ1v) is 10.6. The van der Waals surface area contributed by atoms with Crippen LogP contribution in [0.15, 0.2) is 53.5 Å². The van der Waals surface area contributed by atoms with Gasteiger partial charge in [0.1, 0.15) is 11.4 Å². The largest absolute Gasteiger partial charge is 0.326 e. The maximum Gasteiger partial charge on any atom is 0.272 e. The van der Waals surface area contributed by atoms with E-state index in [1.54, 1.807) is 12.1 Å². The lowest BCUT2D eigenvalue weighted by Crippen LogP contribution is -2.52. The number of para-hydroxylation sites is 1. The van der Waals surface area contributed by atoms with Gasteiger partial charge in [-0.1, -0.05) is 48.9 Å². The van der Waals surface area contributed by atoms with Gasteiger partial charge in [-0.25, -0.2) is 0 Å². The number of hydrogen-bond donors (Lipinski definition) is 2. The predicted molar refractivity (Wildman–Crippen MR) is 119 cm³/mol. The first kappa shape index (κ1) is 20.6. The average molecular weight is 425 g/mol. The van der Waals surface area contributed by atoms with Gasteiger partial charge in [0.2, 0.25) is 5.91 Å². The van der Waals surface area contributed by atoms with Crippen molar-refractivity contribution in [3.05, 3.63) is 64.7 Å². The number of hydrogen-bond acceptors (Lipinski definition) is 4. The topological polar surface area (TPSA) is 73.8 Å². The molecule has 0 radical (unpaired) electrons. The number of anilines is 1. The Balaban J connectivity index is 1.36. The zero-order valence-electron chi connectivity index (χ0n) is 17.0. The van der Waals surface area contributed by atoms with Gasteiger partial charge in [-0.3, -0.25) is 19.5 Å². The van der Waals surface area contributed by atoms with Gasteiger partial charge in [-0.2, -0.15) is 0 Å². The molecule has 0 aromatic heterocycles. The van der Waals surface area contributed by atoms with Crippen molar-refractivity contribution in [1.29, 1.82) is 0 Å². The molecular formula is C23H25ClN4O2. The number of rotatable bonds is 5. The second-order valence-electron chi connectivity index (χ2n) is 7.79. The fraction of sp³-hybridized carbons (Fsp3) is 0.348.